The molecule has 1 N–H and O–H groups in total. The number of esters is 1. The number of likely N-dealkylation sites (tertiary alicyclic amines) is 1. The summed E-state index contributed by atoms with van der Waals surface area (Å²) < 4.78 is 17.1. The van der Waals surface area contributed by atoms with Crippen molar-refractivity contribution >= 4 is 34.9 Å². The molecule has 0 atom stereocenters. The molecule has 0 bridgehead atoms. The third-order valence-electron chi connectivity index (χ3n) is 5.67. The van der Waals surface area contributed by atoms with Gasteiger partial charge >= 0.3 is 5.97 Å². The lowest BCUT2D eigenvalue weighted by Gasteiger charge is -2.52. The minimum atomic E-state index is -0.727. The molecule has 3 heterocycles. The van der Waals surface area contributed by atoms with Gasteiger partial charge in [0.2, 0.25) is 5.72 Å². The molecular formula is C21H20Cl2N2O5. The summed E-state index contributed by atoms with van der Waals surface area (Å²) in [5.74, 6) is -0.0800. The number of fused-ring (bicyclic) bond motifs is 1. The molecule has 0 aromatic heterocycles. The van der Waals surface area contributed by atoms with Crippen molar-refractivity contribution in [3.63, 3.8) is 0 Å². The van der Waals surface area contributed by atoms with E-state index in [1.807, 2.05) is 22.9 Å². The quantitative estimate of drug-likeness (QED) is 0.719. The maximum absolute atomic E-state index is 12.4. The standard InChI is InChI=1S/C21H20Cl2N2O5/c1-24-8-15(9-24)29-20(27)16-3-2-14(6-18(16)26)25-7-12-4-13(22)5-17(23)19(12)30-21(25)10-28-11-21/h2-6,15,26H,7-11H2,1H3. The summed E-state index contributed by atoms with van der Waals surface area (Å²) in [7, 11) is 1.95. The molecule has 0 aliphatic carbocycles. The number of carbonyl (C=O) groups is 1. The van der Waals surface area contributed by atoms with Crippen molar-refractivity contribution in [3.05, 3.63) is 51.5 Å². The zero-order chi connectivity index (χ0) is 21.0. The number of hydrogen-bond donors (Lipinski definition) is 1. The van der Waals surface area contributed by atoms with Crippen LogP contribution >= 0.6 is 23.2 Å². The van der Waals surface area contributed by atoms with Crippen molar-refractivity contribution in [3.8, 4) is 11.5 Å². The third-order valence-corrected chi connectivity index (χ3v) is 6.17. The van der Waals surface area contributed by atoms with E-state index in [9.17, 15) is 9.90 Å². The minimum Gasteiger partial charge on any atom is -0.507 e. The van der Waals surface area contributed by atoms with Crippen LogP contribution in [0.15, 0.2) is 30.3 Å². The van der Waals surface area contributed by atoms with Gasteiger partial charge in [0.15, 0.2) is 0 Å². The summed E-state index contributed by atoms with van der Waals surface area (Å²) in [6.07, 6.45) is -0.140. The van der Waals surface area contributed by atoms with E-state index in [2.05, 4.69) is 0 Å². The number of benzene rings is 2. The van der Waals surface area contributed by atoms with E-state index in [-0.39, 0.29) is 17.4 Å². The van der Waals surface area contributed by atoms with Crippen LogP contribution in [0.2, 0.25) is 10.0 Å². The highest BCUT2D eigenvalue weighted by Crippen LogP contribution is 2.45. The van der Waals surface area contributed by atoms with Crippen LogP contribution in [0.4, 0.5) is 5.69 Å². The Morgan fingerprint density at radius 2 is 2.00 bits per heavy atom. The topological polar surface area (TPSA) is 71.5 Å². The number of nitrogens with zero attached hydrogens (tertiary/aromatic N) is 2. The fourth-order valence-electron chi connectivity index (χ4n) is 4.01. The van der Waals surface area contributed by atoms with Gasteiger partial charge in [-0.3, -0.25) is 4.90 Å². The molecule has 2 fully saturated rings. The largest absolute Gasteiger partial charge is 0.507 e. The van der Waals surface area contributed by atoms with Gasteiger partial charge in [0.25, 0.3) is 0 Å². The normalized spacial score (nSPS) is 20.2. The zero-order valence-corrected chi connectivity index (χ0v) is 17.7. The lowest BCUT2D eigenvalue weighted by atomic mass is 10.0. The molecule has 30 heavy (non-hydrogen) atoms. The van der Waals surface area contributed by atoms with Crippen LogP contribution in [0.1, 0.15) is 15.9 Å². The van der Waals surface area contributed by atoms with Crippen LogP contribution < -0.4 is 9.64 Å². The highest BCUT2D eigenvalue weighted by molar-refractivity contribution is 6.35. The second-order valence-corrected chi connectivity index (χ2v) is 8.80. The predicted octanol–water partition coefficient (Wildman–Crippen LogP) is 3.30. The van der Waals surface area contributed by atoms with Gasteiger partial charge in [-0.05, 0) is 31.3 Å². The van der Waals surface area contributed by atoms with E-state index >= 15 is 0 Å². The van der Waals surface area contributed by atoms with Crippen LogP contribution in [-0.2, 0) is 16.0 Å². The number of anilines is 1. The van der Waals surface area contributed by atoms with Crippen LogP contribution in [0.3, 0.4) is 0 Å². The zero-order valence-electron chi connectivity index (χ0n) is 16.2. The maximum Gasteiger partial charge on any atom is 0.342 e. The molecule has 7 nitrogen and oxygen atoms in total. The van der Waals surface area contributed by atoms with Crippen molar-refractivity contribution in [2.45, 2.75) is 18.4 Å². The maximum atomic E-state index is 12.4. The summed E-state index contributed by atoms with van der Waals surface area (Å²) in [5.41, 5.74) is 0.936. The Morgan fingerprint density at radius 1 is 1.23 bits per heavy atom. The van der Waals surface area contributed by atoms with Gasteiger partial charge < -0.3 is 24.2 Å². The van der Waals surface area contributed by atoms with E-state index < -0.39 is 11.7 Å². The van der Waals surface area contributed by atoms with Gasteiger partial charge in [-0.1, -0.05) is 23.2 Å². The van der Waals surface area contributed by atoms with E-state index in [0.717, 1.165) is 5.56 Å². The molecule has 2 aromatic rings. The van der Waals surface area contributed by atoms with Gasteiger partial charge in [0.1, 0.15) is 36.4 Å². The molecule has 0 saturated carbocycles. The van der Waals surface area contributed by atoms with Crippen molar-refractivity contribution < 1.29 is 24.1 Å². The number of phenols is 1. The first-order valence-electron chi connectivity index (χ1n) is 9.59. The Kier molecular flexibility index (Phi) is 4.74. The smallest absolute Gasteiger partial charge is 0.342 e. The van der Waals surface area contributed by atoms with Gasteiger partial charge in [0.05, 0.1) is 11.6 Å². The summed E-state index contributed by atoms with van der Waals surface area (Å²) in [6.45, 7) is 2.57. The Hall–Kier alpha value is -2.19. The monoisotopic (exact) mass is 450 g/mol. The average Bonchev–Trinajstić information content (AvgIpc) is 2.64. The lowest BCUT2D eigenvalue weighted by molar-refractivity contribution is -0.167. The summed E-state index contributed by atoms with van der Waals surface area (Å²) >= 11 is 12.5. The first-order chi connectivity index (χ1) is 14.3. The van der Waals surface area contributed by atoms with Gasteiger partial charge in [-0.25, -0.2) is 4.79 Å². The predicted molar refractivity (Wildman–Crippen MR) is 112 cm³/mol. The molecule has 3 aliphatic rings. The number of carbonyl (C=O) groups excluding carboxylic acids is 1. The Bertz CT molecular complexity index is 1020. The number of aromatic hydroxyl groups is 1. The van der Waals surface area contributed by atoms with Gasteiger partial charge in [0, 0.05) is 35.4 Å². The number of likely N-dealkylation sites (N-methyl/N-ethyl adjacent to an activating group) is 1. The summed E-state index contributed by atoms with van der Waals surface area (Å²) in [4.78, 5) is 16.4. The second kappa shape index (κ2) is 7.20. The minimum absolute atomic E-state index is 0.136. The van der Waals surface area contributed by atoms with Crippen LogP contribution in [0, 0.1) is 0 Å². The molecule has 1 spiro atoms. The molecule has 158 valence electrons. The Labute approximate surface area is 183 Å². The molecule has 2 saturated heterocycles. The summed E-state index contributed by atoms with van der Waals surface area (Å²) in [5, 5.41) is 11.5. The number of halogens is 2. The first-order valence-corrected chi connectivity index (χ1v) is 10.4. The molecule has 3 aliphatic heterocycles. The lowest BCUT2D eigenvalue weighted by Crippen LogP contribution is -2.67. The average molecular weight is 451 g/mol. The SMILES string of the molecule is CN1CC(OC(=O)c2ccc(N3Cc4cc(Cl)cc(Cl)c4OC34COC4)cc2O)C1. The molecule has 2 aromatic carbocycles. The Balaban J connectivity index is 1.43. The summed E-state index contributed by atoms with van der Waals surface area (Å²) in [6, 6.07) is 8.34. The van der Waals surface area contributed by atoms with E-state index in [0.29, 0.717) is 54.3 Å². The van der Waals surface area contributed by atoms with Crippen LogP contribution in [-0.4, -0.2) is 61.2 Å². The fraction of sp³-hybridized carbons (Fsp3) is 0.381. The van der Waals surface area contributed by atoms with E-state index in [1.165, 1.54) is 0 Å². The number of hydrogen-bond acceptors (Lipinski definition) is 7. The van der Waals surface area contributed by atoms with Gasteiger partial charge in [-0.2, -0.15) is 0 Å². The fourth-order valence-corrected chi connectivity index (χ4v) is 4.59. The number of ether oxygens (including phenoxy) is 3. The number of phenolic OH excluding ortho intramolecular Hbond substituents is 1. The van der Waals surface area contributed by atoms with Crippen molar-refractivity contribution in [2.75, 3.05) is 38.3 Å². The van der Waals surface area contributed by atoms with E-state index in [4.69, 9.17) is 37.4 Å². The molecule has 0 radical (unpaired) electrons. The molecular weight excluding hydrogens is 431 g/mol. The van der Waals surface area contributed by atoms with Crippen LogP contribution in [0.25, 0.3) is 0 Å². The Morgan fingerprint density at radius 3 is 2.63 bits per heavy atom. The highest BCUT2D eigenvalue weighted by atomic mass is 35.5. The third kappa shape index (κ3) is 3.26. The highest BCUT2D eigenvalue weighted by Gasteiger charge is 2.50. The van der Waals surface area contributed by atoms with Crippen LogP contribution in [0.5, 0.6) is 11.5 Å². The van der Waals surface area contributed by atoms with Crippen molar-refractivity contribution in [1.82, 2.24) is 4.90 Å². The van der Waals surface area contributed by atoms with Gasteiger partial charge in [-0.15, -0.1) is 0 Å². The molecule has 9 heteroatoms. The van der Waals surface area contributed by atoms with Crippen molar-refractivity contribution in [2.24, 2.45) is 0 Å². The van der Waals surface area contributed by atoms with E-state index in [1.54, 1.807) is 24.3 Å². The first kappa shape index (κ1) is 19.8. The number of rotatable bonds is 3. The second-order valence-electron chi connectivity index (χ2n) is 7.95. The van der Waals surface area contributed by atoms with Crippen molar-refractivity contribution in [1.29, 1.82) is 0 Å². The molecule has 0 unspecified atom stereocenters. The molecule has 0 amide bonds. The molecule has 5 rings (SSSR count).